The number of alkyl halides is 3. The first kappa shape index (κ1) is 18.8. The summed E-state index contributed by atoms with van der Waals surface area (Å²) in [5.41, 5.74) is 0.0394. The van der Waals surface area contributed by atoms with Gasteiger partial charge in [-0.2, -0.15) is 0 Å². The number of benzene rings is 1. The Morgan fingerprint density at radius 2 is 1.88 bits per heavy atom. The summed E-state index contributed by atoms with van der Waals surface area (Å²) in [5, 5.41) is 0. The molecule has 0 aliphatic heterocycles. The molecule has 1 amide bonds. The highest BCUT2D eigenvalue weighted by Gasteiger charge is 2.41. The summed E-state index contributed by atoms with van der Waals surface area (Å²) in [6.07, 6.45) is -3.25. The van der Waals surface area contributed by atoms with Crippen LogP contribution in [0.25, 0.3) is 0 Å². The molecule has 0 bridgehead atoms. The van der Waals surface area contributed by atoms with Gasteiger partial charge in [-0.15, -0.1) is 13.2 Å². The fourth-order valence-corrected chi connectivity index (χ4v) is 2.28. The van der Waals surface area contributed by atoms with Gasteiger partial charge in [-0.3, -0.25) is 4.79 Å². The van der Waals surface area contributed by atoms with Crippen LogP contribution in [0.2, 0.25) is 0 Å². The molecule has 1 aliphatic carbocycles. The lowest BCUT2D eigenvalue weighted by molar-refractivity contribution is -0.274. The second-order valence-corrected chi connectivity index (χ2v) is 5.35. The maximum Gasteiger partial charge on any atom is 0.573 e. The Kier molecular flexibility index (Phi) is 5.66. The van der Waals surface area contributed by atoms with Gasteiger partial charge in [0.25, 0.3) is 5.91 Å². The lowest BCUT2D eigenvalue weighted by Gasteiger charge is -2.26. The van der Waals surface area contributed by atoms with Crippen molar-refractivity contribution in [3.05, 3.63) is 29.8 Å². The summed E-state index contributed by atoms with van der Waals surface area (Å²) in [4.78, 5) is 36.9. The molecule has 0 aromatic heterocycles. The molecule has 1 aliphatic rings. The van der Waals surface area contributed by atoms with E-state index in [1.807, 2.05) is 0 Å². The molecule has 2 rings (SSSR count). The number of aldehydes is 1. The number of amides is 1. The van der Waals surface area contributed by atoms with Crippen LogP contribution in [0, 0.1) is 0 Å². The van der Waals surface area contributed by atoms with E-state index in [9.17, 15) is 27.6 Å². The smallest absolute Gasteiger partial charge is 0.464 e. The van der Waals surface area contributed by atoms with Gasteiger partial charge in [0.15, 0.2) is 12.3 Å². The molecule has 25 heavy (non-hydrogen) atoms. The monoisotopic (exact) mass is 359 g/mol. The molecule has 1 aromatic rings. The lowest BCUT2D eigenvalue weighted by Crippen LogP contribution is -2.48. The molecular weight excluding hydrogens is 343 g/mol. The highest BCUT2D eigenvalue weighted by molar-refractivity contribution is 6.02. The van der Waals surface area contributed by atoms with Gasteiger partial charge in [0.1, 0.15) is 5.75 Å². The summed E-state index contributed by atoms with van der Waals surface area (Å²) >= 11 is 0. The maximum atomic E-state index is 12.6. The van der Waals surface area contributed by atoms with Gasteiger partial charge in [-0.25, -0.2) is 4.79 Å². The third kappa shape index (κ3) is 4.94. The molecular formula is C16H16F3NO5. The second-order valence-electron chi connectivity index (χ2n) is 5.35. The first-order chi connectivity index (χ1) is 11.8. The summed E-state index contributed by atoms with van der Waals surface area (Å²) in [6.45, 7) is 1.63. The largest absolute Gasteiger partial charge is 0.573 e. The predicted molar refractivity (Wildman–Crippen MR) is 78.8 cm³/mol. The molecule has 9 heteroatoms. The van der Waals surface area contributed by atoms with Crippen LogP contribution in [-0.2, 0) is 14.3 Å². The van der Waals surface area contributed by atoms with Crippen molar-refractivity contribution in [1.29, 1.82) is 0 Å². The number of rotatable bonds is 7. The van der Waals surface area contributed by atoms with E-state index in [0.29, 0.717) is 19.1 Å². The zero-order valence-electron chi connectivity index (χ0n) is 13.3. The van der Waals surface area contributed by atoms with Crippen LogP contribution in [0.4, 0.5) is 13.2 Å². The predicted octanol–water partition coefficient (Wildman–Crippen LogP) is 2.32. The minimum absolute atomic E-state index is 0.0394. The third-order valence-electron chi connectivity index (χ3n) is 3.47. The van der Waals surface area contributed by atoms with Crippen LogP contribution in [-0.4, -0.2) is 48.1 Å². The van der Waals surface area contributed by atoms with Crippen LogP contribution < -0.4 is 4.74 Å². The maximum absolute atomic E-state index is 12.6. The summed E-state index contributed by atoms with van der Waals surface area (Å²) in [5.74, 6) is -1.94. The average Bonchev–Trinajstić information content (AvgIpc) is 3.35. The third-order valence-corrected chi connectivity index (χ3v) is 3.47. The van der Waals surface area contributed by atoms with Gasteiger partial charge < -0.3 is 19.2 Å². The van der Waals surface area contributed by atoms with Crippen molar-refractivity contribution in [2.45, 2.75) is 38.2 Å². The molecule has 0 saturated heterocycles. The van der Waals surface area contributed by atoms with Gasteiger partial charge in [0.2, 0.25) is 0 Å². The zero-order chi connectivity index (χ0) is 18.6. The van der Waals surface area contributed by atoms with E-state index in [1.165, 1.54) is 0 Å². The quantitative estimate of drug-likeness (QED) is 0.424. The van der Waals surface area contributed by atoms with Crippen LogP contribution in [0.1, 0.15) is 30.1 Å². The standard InChI is InChI=1S/C16H16F3NO5/c1-2-24-15(23)13(9-21)20(11-5-6-11)14(22)10-3-7-12(8-4-10)25-16(17,18)19/h3-4,7-9,11,13H,2,5-6H2,1H3. The van der Waals surface area contributed by atoms with Crippen LogP contribution in [0.15, 0.2) is 24.3 Å². The van der Waals surface area contributed by atoms with Crippen molar-refractivity contribution in [2.75, 3.05) is 6.61 Å². The number of ether oxygens (including phenoxy) is 2. The van der Waals surface area contributed by atoms with Gasteiger partial charge in [0, 0.05) is 11.6 Å². The molecule has 1 fully saturated rings. The van der Waals surface area contributed by atoms with E-state index in [2.05, 4.69) is 4.74 Å². The molecule has 1 atom stereocenters. The molecule has 0 radical (unpaired) electrons. The normalized spacial score (nSPS) is 15.2. The fourth-order valence-electron chi connectivity index (χ4n) is 2.28. The number of nitrogens with zero attached hydrogens (tertiary/aromatic N) is 1. The number of carbonyl (C=O) groups excluding carboxylic acids is 3. The Morgan fingerprint density at radius 3 is 2.32 bits per heavy atom. The first-order valence-electron chi connectivity index (χ1n) is 7.57. The number of hydrogen-bond acceptors (Lipinski definition) is 5. The van der Waals surface area contributed by atoms with E-state index in [1.54, 1.807) is 6.92 Å². The highest BCUT2D eigenvalue weighted by atomic mass is 19.4. The van der Waals surface area contributed by atoms with E-state index in [-0.39, 0.29) is 18.2 Å². The van der Waals surface area contributed by atoms with E-state index in [4.69, 9.17) is 4.74 Å². The number of carbonyl (C=O) groups is 3. The lowest BCUT2D eigenvalue weighted by atomic mass is 10.1. The first-order valence-corrected chi connectivity index (χ1v) is 7.57. The zero-order valence-corrected chi connectivity index (χ0v) is 13.3. The number of esters is 1. The topological polar surface area (TPSA) is 72.9 Å². The molecule has 6 nitrogen and oxygen atoms in total. The Morgan fingerprint density at radius 1 is 1.28 bits per heavy atom. The van der Waals surface area contributed by atoms with Gasteiger partial charge in [-0.05, 0) is 44.0 Å². The van der Waals surface area contributed by atoms with E-state index in [0.717, 1.165) is 29.2 Å². The molecule has 0 spiro atoms. The summed E-state index contributed by atoms with van der Waals surface area (Å²) in [7, 11) is 0. The Balaban J connectivity index is 2.20. The molecule has 136 valence electrons. The van der Waals surface area contributed by atoms with Crippen LogP contribution >= 0.6 is 0 Å². The van der Waals surface area contributed by atoms with Crippen molar-refractivity contribution in [3.63, 3.8) is 0 Å². The molecule has 1 saturated carbocycles. The second kappa shape index (κ2) is 7.54. The number of halogens is 3. The van der Waals surface area contributed by atoms with Crippen molar-refractivity contribution in [2.24, 2.45) is 0 Å². The summed E-state index contributed by atoms with van der Waals surface area (Å²) in [6, 6.07) is 2.61. The summed E-state index contributed by atoms with van der Waals surface area (Å²) < 4.78 is 45.0. The van der Waals surface area contributed by atoms with Gasteiger partial charge in [0.05, 0.1) is 6.61 Å². The minimum atomic E-state index is -4.84. The molecule has 1 aromatic carbocycles. The van der Waals surface area contributed by atoms with Gasteiger partial charge >= 0.3 is 12.3 Å². The van der Waals surface area contributed by atoms with E-state index >= 15 is 0 Å². The van der Waals surface area contributed by atoms with Crippen LogP contribution in [0.3, 0.4) is 0 Å². The van der Waals surface area contributed by atoms with Crippen molar-refractivity contribution >= 4 is 18.2 Å². The van der Waals surface area contributed by atoms with E-state index < -0.39 is 30.0 Å². The molecule has 0 N–H and O–H groups in total. The number of hydrogen-bond donors (Lipinski definition) is 0. The van der Waals surface area contributed by atoms with Crippen molar-refractivity contribution in [1.82, 2.24) is 4.90 Å². The van der Waals surface area contributed by atoms with Crippen LogP contribution in [0.5, 0.6) is 5.75 Å². The van der Waals surface area contributed by atoms with Crippen molar-refractivity contribution in [3.8, 4) is 5.75 Å². The SMILES string of the molecule is CCOC(=O)C(C=O)N(C(=O)c1ccc(OC(F)(F)F)cc1)C1CC1. The Hall–Kier alpha value is -2.58. The van der Waals surface area contributed by atoms with Gasteiger partial charge in [-0.1, -0.05) is 0 Å². The fraction of sp³-hybridized carbons (Fsp3) is 0.438. The minimum Gasteiger partial charge on any atom is -0.464 e. The average molecular weight is 359 g/mol. The Labute approximate surface area is 141 Å². The molecule has 1 unspecified atom stereocenters. The molecule has 0 heterocycles. The highest BCUT2D eigenvalue weighted by Crippen LogP contribution is 2.31. The Bertz CT molecular complexity index is 640. The van der Waals surface area contributed by atoms with Crippen molar-refractivity contribution < 1.29 is 37.0 Å².